The number of hydrogen-bond donors (Lipinski definition) is 1. The van der Waals surface area contributed by atoms with Gasteiger partial charge in [-0.25, -0.2) is 4.39 Å². The molecule has 0 amide bonds. The van der Waals surface area contributed by atoms with Gasteiger partial charge in [-0.1, -0.05) is 61.9 Å². The number of hydrogen-bond acceptors (Lipinski definition) is 3. The van der Waals surface area contributed by atoms with E-state index in [4.69, 9.17) is 14.6 Å². The van der Waals surface area contributed by atoms with E-state index < -0.39 is 0 Å². The Morgan fingerprint density at radius 3 is 2.17 bits per heavy atom. The summed E-state index contributed by atoms with van der Waals surface area (Å²) in [6.07, 6.45) is 2.25. The van der Waals surface area contributed by atoms with Crippen LogP contribution in [0.25, 0.3) is 22.3 Å². The Bertz CT molecular complexity index is 904. The third kappa shape index (κ3) is 5.66. The molecule has 1 unspecified atom stereocenters. The van der Waals surface area contributed by atoms with Crippen molar-refractivity contribution in [1.82, 2.24) is 0 Å². The number of ether oxygens (including phenoxy) is 2. The summed E-state index contributed by atoms with van der Waals surface area (Å²) < 4.78 is 25.9. The van der Waals surface area contributed by atoms with Crippen molar-refractivity contribution >= 4 is 0 Å². The summed E-state index contributed by atoms with van der Waals surface area (Å²) >= 11 is 0. The van der Waals surface area contributed by atoms with Crippen molar-refractivity contribution in [2.75, 3.05) is 6.79 Å². The van der Waals surface area contributed by atoms with Gasteiger partial charge >= 0.3 is 0 Å². The van der Waals surface area contributed by atoms with Gasteiger partial charge in [0.05, 0.1) is 12.7 Å². The molecule has 0 aliphatic heterocycles. The average Bonchev–Trinajstić information content (AvgIpc) is 2.74. The zero-order valence-corrected chi connectivity index (χ0v) is 16.9. The third-order valence-corrected chi connectivity index (χ3v) is 4.88. The van der Waals surface area contributed by atoms with Crippen LogP contribution >= 0.6 is 0 Å². The van der Waals surface area contributed by atoms with Gasteiger partial charge in [0.2, 0.25) is 0 Å². The highest BCUT2D eigenvalue weighted by molar-refractivity contribution is 5.71. The van der Waals surface area contributed by atoms with Crippen LogP contribution in [-0.2, 0) is 11.3 Å². The van der Waals surface area contributed by atoms with Gasteiger partial charge < -0.3 is 14.6 Å². The molecule has 0 aliphatic carbocycles. The van der Waals surface area contributed by atoms with Crippen molar-refractivity contribution in [3.05, 3.63) is 78.1 Å². The average molecular weight is 394 g/mol. The molecule has 0 radical (unpaired) electrons. The Hall–Kier alpha value is -2.69. The Morgan fingerprint density at radius 1 is 0.897 bits per heavy atom. The standard InChI is InChI=1S/C25H27FO3/c1-3-4-18(2)28-17-29-23-12-9-21(10-13-23)24-14-11-22(15-25(24)26)20-7-5-19(16-27)6-8-20/h5-15,18,27H,3-4,16-17H2,1-2H3. The van der Waals surface area contributed by atoms with Crippen LogP contribution in [0.3, 0.4) is 0 Å². The van der Waals surface area contributed by atoms with E-state index in [1.165, 1.54) is 6.07 Å². The third-order valence-electron chi connectivity index (χ3n) is 4.88. The molecule has 0 saturated carbocycles. The molecule has 0 saturated heterocycles. The van der Waals surface area contributed by atoms with Crippen LogP contribution in [-0.4, -0.2) is 18.0 Å². The van der Waals surface area contributed by atoms with Gasteiger partial charge in [-0.05, 0) is 53.8 Å². The van der Waals surface area contributed by atoms with Crippen LogP contribution in [0.2, 0.25) is 0 Å². The highest BCUT2D eigenvalue weighted by Crippen LogP contribution is 2.29. The van der Waals surface area contributed by atoms with Crippen molar-refractivity contribution in [1.29, 1.82) is 0 Å². The molecule has 0 bridgehead atoms. The maximum absolute atomic E-state index is 14.7. The van der Waals surface area contributed by atoms with Crippen molar-refractivity contribution < 1.29 is 19.0 Å². The van der Waals surface area contributed by atoms with E-state index in [-0.39, 0.29) is 25.3 Å². The van der Waals surface area contributed by atoms with Crippen LogP contribution in [0.5, 0.6) is 5.75 Å². The maximum atomic E-state index is 14.7. The molecule has 0 heterocycles. The van der Waals surface area contributed by atoms with E-state index in [9.17, 15) is 4.39 Å². The fourth-order valence-electron chi connectivity index (χ4n) is 3.17. The van der Waals surface area contributed by atoms with Gasteiger partial charge in [0, 0.05) is 5.56 Å². The van der Waals surface area contributed by atoms with E-state index in [0.29, 0.717) is 11.3 Å². The lowest BCUT2D eigenvalue weighted by Gasteiger charge is -2.13. The lowest BCUT2D eigenvalue weighted by atomic mass is 9.99. The molecule has 0 fully saturated rings. The lowest BCUT2D eigenvalue weighted by molar-refractivity contribution is -0.0311. The topological polar surface area (TPSA) is 38.7 Å². The fourth-order valence-corrected chi connectivity index (χ4v) is 3.17. The maximum Gasteiger partial charge on any atom is 0.189 e. The summed E-state index contributed by atoms with van der Waals surface area (Å²) in [5.74, 6) is 0.414. The smallest absolute Gasteiger partial charge is 0.189 e. The Labute approximate surface area is 171 Å². The van der Waals surface area contributed by atoms with Gasteiger partial charge in [0.1, 0.15) is 11.6 Å². The predicted octanol–water partition coefficient (Wildman–Crippen LogP) is 6.19. The van der Waals surface area contributed by atoms with Crippen LogP contribution in [0, 0.1) is 5.82 Å². The minimum atomic E-state index is -0.279. The van der Waals surface area contributed by atoms with E-state index in [0.717, 1.165) is 35.1 Å². The van der Waals surface area contributed by atoms with Gasteiger partial charge in [0.25, 0.3) is 0 Å². The number of rotatable bonds is 9. The van der Waals surface area contributed by atoms with Gasteiger partial charge in [0.15, 0.2) is 6.79 Å². The highest BCUT2D eigenvalue weighted by Gasteiger charge is 2.08. The molecule has 0 aliphatic rings. The fraction of sp³-hybridized carbons (Fsp3) is 0.280. The second kappa shape index (κ2) is 10.2. The van der Waals surface area contributed by atoms with Crippen molar-refractivity contribution in [2.24, 2.45) is 0 Å². The summed E-state index contributed by atoms with van der Waals surface area (Å²) in [6, 6.07) is 20.0. The van der Waals surface area contributed by atoms with Crippen LogP contribution in [0.4, 0.5) is 4.39 Å². The molecule has 3 aromatic carbocycles. The molecule has 29 heavy (non-hydrogen) atoms. The molecule has 1 atom stereocenters. The monoisotopic (exact) mass is 394 g/mol. The minimum absolute atomic E-state index is 0.00280. The van der Waals surface area contributed by atoms with Crippen molar-refractivity contribution in [2.45, 2.75) is 39.4 Å². The van der Waals surface area contributed by atoms with E-state index in [1.807, 2.05) is 61.5 Å². The first-order valence-electron chi connectivity index (χ1n) is 9.95. The first-order valence-corrected chi connectivity index (χ1v) is 9.95. The van der Waals surface area contributed by atoms with Crippen LogP contribution in [0.15, 0.2) is 66.7 Å². The molecular formula is C25H27FO3. The highest BCUT2D eigenvalue weighted by atomic mass is 19.1. The summed E-state index contributed by atoms with van der Waals surface area (Å²) in [7, 11) is 0. The van der Waals surface area contributed by atoms with Crippen molar-refractivity contribution in [3.63, 3.8) is 0 Å². The number of aliphatic hydroxyl groups excluding tert-OH is 1. The number of aliphatic hydroxyl groups is 1. The first kappa shape index (κ1) is 21.0. The summed E-state index contributed by atoms with van der Waals surface area (Å²) in [5, 5.41) is 9.14. The second-order valence-corrected chi connectivity index (χ2v) is 7.10. The second-order valence-electron chi connectivity index (χ2n) is 7.10. The Morgan fingerprint density at radius 2 is 1.55 bits per heavy atom. The minimum Gasteiger partial charge on any atom is -0.468 e. The number of benzene rings is 3. The van der Waals surface area contributed by atoms with E-state index in [2.05, 4.69) is 6.92 Å². The number of halogens is 1. The Kier molecular flexibility index (Phi) is 7.39. The van der Waals surface area contributed by atoms with Crippen LogP contribution in [0.1, 0.15) is 32.3 Å². The molecule has 4 heteroatoms. The molecule has 3 aromatic rings. The molecule has 0 aromatic heterocycles. The molecule has 1 N–H and O–H groups in total. The van der Waals surface area contributed by atoms with Crippen molar-refractivity contribution in [3.8, 4) is 28.0 Å². The summed E-state index contributed by atoms with van der Waals surface area (Å²) in [5.41, 5.74) is 3.87. The molecular weight excluding hydrogens is 367 g/mol. The Balaban J connectivity index is 1.67. The van der Waals surface area contributed by atoms with Gasteiger partial charge in [-0.2, -0.15) is 0 Å². The predicted molar refractivity (Wildman–Crippen MR) is 114 cm³/mol. The summed E-state index contributed by atoms with van der Waals surface area (Å²) in [6.45, 7) is 4.36. The van der Waals surface area contributed by atoms with Crippen LogP contribution < -0.4 is 4.74 Å². The van der Waals surface area contributed by atoms with E-state index in [1.54, 1.807) is 6.07 Å². The largest absolute Gasteiger partial charge is 0.468 e. The quantitative estimate of drug-likeness (QED) is 0.440. The van der Waals surface area contributed by atoms with Gasteiger partial charge in [-0.3, -0.25) is 0 Å². The lowest BCUT2D eigenvalue weighted by Crippen LogP contribution is -2.12. The SMILES string of the molecule is CCCC(C)OCOc1ccc(-c2ccc(-c3ccc(CO)cc3)cc2F)cc1. The zero-order valence-electron chi connectivity index (χ0n) is 16.9. The van der Waals surface area contributed by atoms with E-state index >= 15 is 0 Å². The molecule has 3 nitrogen and oxygen atoms in total. The zero-order chi connectivity index (χ0) is 20.6. The molecule has 0 spiro atoms. The molecule has 3 rings (SSSR count). The molecule has 152 valence electrons. The normalized spacial score (nSPS) is 12.0. The summed E-state index contributed by atoms with van der Waals surface area (Å²) in [4.78, 5) is 0. The van der Waals surface area contributed by atoms with Gasteiger partial charge in [-0.15, -0.1) is 0 Å². The first-order chi connectivity index (χ1) is 14.1.